The van der Waals surface area contributed by atoms with Crippen LogP contribution in [-0.4, -0.2) is 13.1 Å². The van der Waals surface area contributed by atoms with Gasteiger partial charge >= 0.3 is 0 Å². The molecular formula is C17H18ClIN2. The molecule has 0 bridgehead atoms. The van der Waals surface area contributed by atoms with E-state index in [2.05, 4.69) is 63.1 Å². The van der Waals surface area contributed by atoms with Gasteiger partial charge in [0.25, 0.3) is 0 Å². The first-order chi connectivity index (χ1) is 10.2. The van der Waals surface area contributed by atoms with Gasteiger partial charge in [-0.25, -0.2) is 0 Å². The van der Waals surface area contributed by atoms with E-state index >= 15 is 0 Å². The smallest absolute Gasteiger partial charge is 0.0648 e. The van der Waals surface area contributed by atoms with E-state index in [4.69, 9.17) is 11.6 Å². The molecule has 2 aromatic carbocycles. The van der Waals surface area contributed by atoms with Crippen LogP contribution in [-0.2, 0) is 6.54 Å². The number of benzene rings is 2. The fraction of sp³-hybridized carbons (Fsp3) is 0.294. The first kappa shape index (κ1) is 15.0. The van der Waals surface area contributed by atoms with Gasteiger partial charge in [0.15, 0.2) is 0 Å². The predicted molar refractivity (Wildman–Crippen MR) is 99.4 cm³/mol. The van der Waals surface area contributed by atoms with E-state index in [-0.39, 0.29) is 0 Å². The fourth-order valence-corrected chi connectivity index (χ4v) is 3.55. The molecule has 0 radical (unpaired) electrons. The summed E-state index contributed by atoms with van der Waals surface area (Å²) in [5, 5.41) is 4.17. The van der Waals surface area contributed by atoms with Crippen molar-refractivity contribution in [2.75, 3.05) is 23.3 Å². The molecule has 1 N–H and O–H groups in total. The van der Waals surface area contributed by atoms with Gasteiger partial charge in [0.1, 0.15) is 0 Å². The van der Waals surface area contributed by atoms with Crippen LogP contribution in [0.2, 0.25) is 5.02 Å². The highest BCUT2D eigenvalue weighted by Crippen LogP contribution is 2.25. The molecule has 0 unspecified atom stereocenters. The van der Waals surface area contributed by atoms with E-state index in [9.17, 15) is 0 Å². The Bertz CT molecular complexity index is 607. The summed E-state index contributed by atoms with van der Waals surface area (Å²) >= 11 is 8.50. The maximum absolute atomic E-state index is 6.23. The van der Waals surface area contributed by atoms with E-state index in [0.29, 0.717) is 0 Å². The summed E-state index contributed by atoms with van der Waals surface area (Å²) in [6, 6.07) is 14.9. The minimum Gasteiger partial charge on any atom is -0.380 e. The van der Waals surface area contributed by atoms with Crippen molar-refractivity contribution in [2.24, 2.45) is 0 Å². The van der Waals surface area contributed by atoms with Crippen molar-refractivity contribution in [3.63, 3.8) is 0 Å². The summed E-state index contributed by atoms with van der Waals surface area (Å²) in [5.41, 5.74) is 3.59. The second kappa shape index (κ2) is 6.88. The zero-order chi connectivity index (χ0) is 14.7. The third-order valence-electron chi connectivity index (χ3n) is 3.82. The molecule has 1 fully saturated rings. The molecule has 0 amide bonds. The van der Waals surface area contributed by atoms with E-state index in [1.54, 1.807) is 0 Å². The Hall–Kier alpha value is -0.940. The van der Waals surface area contributed by atoms with Gasteiger partial charge < -0.3 is 10.2 Å². The predicted octanol–water partition coefficient (Wildman–Crippen LogP) is 5.16. The molecule has 110 valence electrons. The second-order valence-corrected chi connectivity index (χ2v) is 6.99. The third kappa shape index (κ3) is 3.83. The number of hydrogen-bond donors (Lipinski definition) is 1. The second-order valence-electron chi connectivity index (χ2n) is 5.34. The lowest BCUT2D eigenvalue weighted by atomic mass is 10.2. The molecule has 3 rings (SSSR count). The number of nitrogens with one attached hydrogen (secondary N) is 1. The number of halogens is 2. The topological polar surface area (TPSA) is 15.3 Å². The van der Waals surface area contributed by atoms with E-state index in [1.807, 2.05) is 12.1 Å². The first-order valence-electron chi connectivity index (χ1n) is 7.25. The van der Waals surface area contributed by atoms with Crippen LogP contribution in [0.3, 0.4) is 0 Å². The molecule has 21 heavy (non-hydrogen) atoms. The minimum atomic E-state index is 0.774. The van der Waals surface area contributed by atoms with Crippen LogP contribution >= 0.6 is 34.2 Å². The van der Waals surface area contributed by atoms with E-state index in [0.717, 1.165) is 20.8 Å². The molecule has 1 heterocycles. The molecule has 0 saturated carbocycles. The third-order valence-corrected chi connectivity index (χ3v) is 4.81. The van der Waals surface area contributed by atoms with Gasteiger partial charge in [0, 0.05) is 28.9 Å². The zero-order valence-corrected chi connectivity index (χ0v) is 14.7. The standard InChI is InChI=1S/C17H18ClIN2/c18-16-11-14(19)5-8-17(16)20-12-13-3-6-15(7-4-13)21-9-1-2-10-21/h3-8,11,20H,1-2,9-10,12H2. The quantitative estimate of drug-likeness (QED) is 0.698. The molecule has 2 nitrogen and oxygen atoms in total. The average molecular weight is 413 g/mol. The van der Waals surface area contributed by atoms with Crippen LogP contribution in [0.25, 0.3) is 0 Å². The van der Waals surface area contributed by atoms with Crippen molar-refractivity contribution in [3.8, 4) is 0 Å². The molecule has 0 spiro atoms. The van der Waals surface area contributed by atoms with Crippen molar-refractivity contribution in [3.05, 3.63) is 56.6 Å². The summed E-state index contributed by atoms with van der Waals surface area (Å²) < 4.78 is 1.15. The summed E-state index contributed by atoms with van der Waals surface area (Å²) in [6.07, 6.45) is 2.63. The van der Waals surface area contributed by atoms with Crippen LogP contribution in [0.1, 0.15) is 18.4 Å². The summed E-state index contributed by atoms with van der Waals surface area (Å²) in [5.74, 6) is 0. The Morgan fingerprint density at radius 3 is 2.43 bits per heavy atom. The Kier molecular flexibility index (Phi) is 4.91. The van der Waals surface area contributed by atoms with Gasteiger partial charge in [-0.05, 0) is 71.3 Å². The van der Waals surface area contributed by atoms with Crippen molar-refractivity contribution in [1.82, 2.24) is 0 Å². The maximum atomic E-state index is 6.23. The SMILES string of the molecule is Clc1cc(I)ccc1NCc1ccc(N2CCCC2)cc1. The molecule has 0 aliphatic carbocycles. The molecule has 1 saturated heterocycles. The monoisotopic (exact) mass is 412 g/mol. The Balaban J connectivity index is 1.62. The van der Waals surface area contributed by atoms with Gasteiger partial charge in [-0.3, -0.25) is 0 Å². The maximum Gasteiger partial charge on any atom is 0.0648 e. The molecule has 1 aliphatic heterocycles. The molecule has 0 atom stereocenters. The largest absolute Gasteiger partial charge is 0.380 e. The highest BCUT2D eigenvalue weighted by molar-refractivity contribution is 14.1. The summed E-state index contributed by atoms with van der Waals surface area (Å²) in [4.78, 5) is 2.45. The molecule has 0 aromatic heterocycles. The summed E-state index contributed by atoms with van der Waals surface area (Å²) in [6.45, 7) is 3.17. The lowest BCUT2D eigenvalue weighted by Crippen LogP contribution is -2.17. The Labute approximate surface area is 144 Å². The van der Waals surface area contributed by atoms with Crippen molar-refractivity contribution in [2.45, 2.75) is 19.4 Å². The fourth-order valence-electron chi connectivity index (χ4n) is 2.63. The van der Waals surface area contributed by atoms with Crippen LogP contribution < -0.4 is 10.2 Å². The van der Waals surface area contributed by atoms with Gasteiger partial charge in [-0.2, -0.15) is 0 Å². The van der Waals surface area contributed by atoms with Crippen LogP contribution in [0.4, 0.5) is 11.4 Å². The van der Waals surface area contributed by atoms with Gasteiger partial charge in [0.05, 0.1) is 10.7 Å². The number of anilines is 2. The van der Waals surface area contributed by atoms with Crippen molar-refractivity contribution in [1.29, 1.82) is 0 Å². The van der Waals surface area contributed by atoms with E-state index < -0.39 is 0 Å². The number of hydrogen-bond acceptors (Lipinski definition) is 2. The minimum absolute atomic E-state index is 0.774. The van der Waals surface area contributed by atoms with Gasteiger partial charge in [-0.1, -0.05) is 23.7 Å². The highest BCUT2D eigenvalue weighted by atomic mass is 127. The number of nitrogens with zero attached hydrogens (tertiary/aromatic N) is 1. The van der Waals surface area contributed by atoms with Crippen molar-refractivity contribution < 1.29 is 0 Å². The normalized spacial score (nSPS) is 14.5. The van der Waals surface area contributed by atoms with Crippen LogP contribution in [0.5, 0.6) is 0 Å². The lowest BCUT2D eigenvalue weighted by molar-refractivity contribution is 0.949. The van der Waals surface area contributed by atoms with Crippen molar-refractivity contribution >= 4 is 45.6 Å². The first-order valence-corrected chi connectivity index (χ1v) is 8.71. The van der Waals surface area contributed by atoms with Gasteiger partial charge in [-0.15, -0.1) is 0 Å². The number of rotatable bonds is 4. The molecule has 1 aliphatic rings. The zero-order valence-electron chi connectivity index (χ0n) is 11.8. The lowest BCUT2D eigenvalue weighted by Gasteiger charge is -2.18. The van der Waals surface area contributed by atoms with E-state index in [1.165, 1.54) is 37.2 Å². The Morgan fingerprint density at radius 1 is 1.05 bits per heavy atom. The molecule has 2 aromatic rings. The molecular weight excluding hydrogens is 395 g/mol. The van der Waals surface area contributed by atoms with Crippen LogP contribution in [0.15, 0.2) is 42.5 Å². The summed E-state index contributed by atoms with van der Waals surface area (Å²) in [7, 11) is 0. The highest BCUT2D eigenvalue weighted by Gasteiger charge is 2.11. The van der Waals surface area contributed by atoms with Gasteiger partial charge in [0.2, 0.25) is 0 Å². The average Bonchev–Trinajstić information content (AvgIpc) is 3.01. The molecule has 4 heteroatoms. The van der Waals surface area contributed by atoms with Crippen LogP contribution in [0, 0.1) is 3.57 Å². The Morgan fingerprint density at radius 2 is 1.76 bits per heavy atom.